The zero-order valence-electron chi connectivity index (χ0n) is 8.18. The molecule has 2 atom stereocenters. The summed E-state index contributed by atoms with van der Waals surface area (Å²) in [6, 6.07) is 0. The fourth-order valence-electron chi connectivity index (χ4n) is 3.07. The second-order valence-electron chi connectivity index (χ2n) is 4.60. The lowest BCUT2D eigenvalue weighted by Crippen LogP contribution is -2.30. The van der Waals surface area contributed by atoms with Crippen molar-refractivity contribution in [3.63, 3.8) is 0 Å². The van der Waals surface area contributed by atoms with E-state index in [2.05, 4.69) is 12.4 Å². The summed E-state index contributed by atoms with van der Waals surface area (Å²) < 4.78 is 0. The SMILES string of the molecule is CNCC1CCCC1C1CCC1. The van der Waals surface area contributed by atoms with Gasteiger partial charge < -0.3 is 5.32 Å². The molecule has 0 aromatic rings. The van der Waals surface area contributed by atoms with Crippen LogP contribution in [0.1, 0.15) is 38.5 Å². The molecule has 1 N–H and O–H groups in total. The second kappa shape index (κ2) is 3.78. The van der Waals surface area contributed by atoms with Crippen LogP contribution in [0, 0.1) is 17.8 Å². The molecule has 70 valence electrons. The van der Waals surface area contributed by atoms with E-state index in [-0.39, 0.29) is 0 Å². The predicted molar refractivity (Wildman–Crippen MR) is 52.1 cm³/mol. The van der Waals surface area contributed by atoms with Gasteiger partial charge in [-0.15, -0.1) is 0 Å². The molecule has 0 spiro atoms. The topological polar surface area (TPSA) is 12.0 Å². The summed E-state index contributed by atoms with van der Waals surface area (Å²) in [5, 5.41) is 3.34. The molecule has 1 heteroatoms. The molecule has 2 rings (SSSR count). The van der Waals surface area contributed by atoms with Crippen molar-refractivity contribution in [2.45, 2.75) is 38.5 Å². The third-order valence-electron chi connectivity index (χ3n) is 3.94. The highest BCUT2D eigenvalue weighted by molar-refractivity contribution is 4.87. The Bertz CT molecular complexity index is 140. The second-order valence-corrected chi connectivity index (χ2v) is 4.60. The number of hydrogen-bond acceptors (Lipinski definition) is 1. The minimum Gasteiger partial charge on any atom is -0.319 e. The molecule has 2 aliphatic rings. The van der Waals surface area contributed by atoms with Gasteiger partial charge in [-0.2, -0.15) is 0 Å². The van der Waals surface area contributed by atoms with Crippen molar-refractivity contribution in [2.75, 3.05) is 13.6 Å². The molecule has 0 radical (unpaired) electrons. The molecule has 2 saturated carbocycles. The molecule has 2 aliphatic carbocycles. The van der Waals surface area contributed by atoms with Gasteiger partial charge >= 0.3 is 0 Å². The summed E-state index contributed by atoms with van der Waals surface area (Å²) in [5.41, 5.74) is 0. The van der Waals surface area contributed by atoms with Crippen LogP contribution < -0.4 is 5.32 Å². The van der Waals surface area contributed by atoms with Crippen LogP contribution in [0.2, 0.25) is 0 Å². The first-order chi connectivity index (χ1) is 5.92. The molecule has 0 bridgehead atoms. The van der Waals surface area contributed by atoms with E-state index < -0.39 is 0 Å². The summed E-state index contributed by atoms with van der Waals surface area (Å²) in [6.45, 7) is 1.27. The van der Waals surface area contributed by atoms with E-state index >= 15 is 0 Å². The highest BCUT2D eigenvalue weighted by atomic mass is 14.8. The van der Waals surface area contributed by atoms with Crippen molar-refractivity contribution in [3.8, 4) is 0 Å². The molecule has 0 aromatic carbocycles. The summed E-state index contributed by atoms with van der Waals surface area (Å²) in [5.74, 6) is 3.22. The van der Waals surface area contributed by atoms with E-state index in [1.807, 2.05) is 0 Å². The van der Waals surface area contributed by atoms with Crippen LogP contribution in [0.3, 0.4) is 0 Å². The Kier molecular flexibility index (Phi) is 2.69. The molecule has 0 amide bonds. The lowest BCUT2D eigenvalue weighted by molar-refractivity contribution is 0.165. The Morgan fingerprint density at radius 3 is 2.42 bits per heavy atom. The molecular formula is C11H21N. The first-order valence-electron chi connectivity index (χ1n) is 5.56. The summed E-state index contributed by atoms with van der Waals surface area (Å²) in [4.78, 5) is 0. The Morgan fingerprint density at radius 2 is 1.83 bits per heavy atom. The molecule has 1 nitrogen and oxygen atoms in total. The van der Waals surface area contributed by atoms with E-state index in [1.165, 1.54) is 45.1 Å². The van der Waals surface area contributed by atoms with Crippen molar-refractivity contribution < 1.29 is 0 Å². The van der Waals surface area contributed by atoms with Crippen molar-refractivity contribution in [2.24, 2.45) is 17.8 Å². The molecule has 12 heavy (non-hydrogen) atoms. The van der Waals surface area contributed by atoms with Gasteiger partial charge in [-0.25, -0.2) is 0 Å². The van der Waals surface area contributed by atoms with E-state index in [9.17, 15) is 0 Å². The van der Waals surface area contributed by atoms with Gasteiger partial charge in [-0.1, -0.05) is 25.7 Å². The summed E-state index contributed by atoms with van der Waals surface area (Å²) in [7, 11) is 2.09. The predicted octanol–water partition coefficient (Wildman–Crippen LogP) is 2.42. The van der Waals surface area contributed by atoms with Gasteiger partial charge in [0.1, 0.15) is 0 Å². The Hall–Kier alpha value is -0.0400. The van der Waals surface area contributed by atoms with Crippen molar-refractivity contribution >= 4 is 0 Å². The van der Waals surface area contributed by atoms with Crippen LogP contribution in [-0.4, -0.2) is 13.6 Å². The maximum absolute atomic E-state index is 3.34. The van der Waals surface area contributed by atoms with Crippen LogP contribution in [0.25, 0.3) is 0 Å². The summed E-state index contributed by atoms with van der Waals surface area (Å²) >= 11 is 0. The number of hydrogen-bond donors (Lipinski definition) is 1. The lowest BCUT2D eigenvalue weighted by atomic mass is 9.72. The van der Waals surface area contributed by atoms with Gasteiger partial charge in [0.05, 0.1) is 0 Å². The average Bonchev–Trinajstić information content (AvgIpc) is 2.35. The quantitative estimate of drug-likeness (QED) is 0.680. The third kappa shape index (κ3) is 1.52. The standard InChI is InChI=1S/C11H21N/c1-12-8-10-6-3-7-11(10)9-4-2-5-9/h9-12H,2-8H2,1H3. The van der Waals surface area contributed by atoms with E-state index in [0.29, 0.717) is 0 Å². The normalized spacial score (nSPS) is 36.8. The monoisotopic (exact) mass is 167 g/mol. The smallest absolute Gasteiger partial charge is 0.00208 e. The van der Waals surface area contributed by atoms with Crippen LogP contribution >= 0.6 is 0 Å². The number of nitrogens with one attached hydrogen (secondary N) is 1. The van der Waals surface area contributed by atoms with E-state index in [4.69, 9.17) is 0 Å². The molecule has 0 heterocycles. The van der Waals surface area contributed by atoms with Gasteiger partial charge in [0.15, 0.2) is 0 Å². The van der Waals surface area contributed by atoms with Gasteiger partial charge in [0, 0.05) is 0 Å². The molecular weight excluding hydrogens is 146 g/mol. The molecule has 0 aliphatic heterocycles. The average molecular weight is 167 g/mol. The molecule has 0 saturated heterocycles. The fraction of sp³-hybridized carbons (Fsp3) is 1.00. The maximum atomic E-state index is 3.34. The maximum Gasteiger partial charge on any atom is -0.00208 e. The third-order valence-corrected chi connectivity index (χ3v) is 3.94. The first kappa shape index (κ1) is 8.55. The largest absolute Gasteiger partial charge is 0.319 e. The molecule has 2 fully saturated rings. The van der Waals surface area contributed by atoms with Crippen molar-refractivity contribution in [1.29, 1.82) is 0 Å². The van der Waals surface area contributed by atoms with Crippen LogP contribution in [0.4, 0.5) is 0 Å². The van der Waals surface area contributed by atoms with Gasteiger partial charge in [-0.05, 0) is 44.2 Å². The highest BCUT2D eigenvalue weighted by Gasteiger charge is 2.35. The molecule has 2 unspecified atom stereocenters. The zero-order chi connectivity index (χ0) is 8.39. The first-order valence-corrected chi connectivity index (χ1v) is 5.56. The van der Waals surface area contributed by atoms with E-state index in [1.54, 1.807) is 0 Å². The van der Waals surface area contributed by atoms with Crippen LogP contribution in [0.5, 0.6) is 0 Å². The molecule has 0 aromatic heterocycles. The van der Waals surface area contributed by atoms with E-state index in [0.717, 1.165) is 17.8 Å². The lowest BCUT2D eigenvalue weighted by Gasteiger charge is -2.35. The van der Waals surface area contributed by atoms with Crippen LogP contribution in [0.15, 0.2) is 0 Å². The number of rotatable bonds is 3. The Balaban J connectivity index is 1.85. The van der Waals surface area contributed by atoms with Gasteiger partial charge in [0.2, 0.25) is 0 Å². The highest BCUT2D eigenvalue weighted by Crippen LogP contribution is 2.44. The Labute approximate surface area is 75.9 Å². The van der Waals surface area contributed by atoms with Crippen LogP contribution in [-0.2, 0) is 0 Å². The minimum absolute atomic E-state index is 1.01. The fourth-order valence-corrected chi connectivity index (χ4v) is 3.07. The van der Waals surface area contributed by atoms with Gasteiger partial charge in [-0.3, -0.25) is 0 Å². The van der Waals surface area contributed by atoms with Gasteiger partial charge in [0.25, 0.3) is 0 Å². The Morgan fingerprint density at radius 1 is 1.08 bits per heavy atom. The van der Waals surface area contributed by atoms with Crippen molar-refractivity contribution in [3.05, 3.63) is 0 Å². The summed E-state index contributed by atoms with van der Waals surface area (Å²) in [6.07, 6.45) is 9.08. The minimum atomic E-state index is 1.01. The van der Waals surface area contributed by atoms with Crippen molar-refractivity contribution in [1.82, 2.24) is 5.32 Å². The zero-order valence-corrected chi connectivity index (χ0v) is 8.18.